The van der Waals surface area contributed by atoms with Crippen LogP contribution in [0.2, 0.25) is 0 Å². The number of primary amides is 1. The normalized spacial score (nSPS) is 22.8. The molecule has 2 aliphatic rings. The zero-order chi connectivity index (χ0) is 15.2. The van der Waals surface area contributed by atoms with Crippen molar-refractivity contribution >= 4 is 23.0 Å². The summed E-state index contributed by atoms with van der Waals surface area (Å²) in [6.45, 7) is 0. The number of rotatable bonds is 3. The molecule has 0 saturated carbocycles. The van der Waals surface area contributed by atoms with E-state index in [1.165, 1.54) is 6.26 Å². The van der Waals surface area contributed by atoms with Crippen molar-refractivity contribution in [2.45, 2.75) is 0 Å². The Morgan fingerprint density at radius 3 is 2.86 bits per heavy atom. The molecule has 0 fully saturated rings. The Labute approximate surface area is 124 Å². The number of carbonyl (C=O) groups is 1. The second kappa shape index (κ2) is 4.40. The molecule has 1 amide bonds. The number of nitrogens with zero attached hydrogens (tertiary/aromatic N) is 3. The molecule has 0 bridgehead atoms. The van der Waals surface area contributed by atoms with Gasteiger partial charge in [0.25, 0.3) is 5.91 Å². The average Bonchev–Trinajstić information content (AvgIpc) is 3.25. The van der Waals surface area contributed by atoms with Crippen LogP contribution in [0, 0.1) is 0 Å². The highest BCUT2D eigenvalue weighted by Gasteiger charge is 2.43. The highest BCUT2D eigenvalue weighted by Crippen LogP contribution is 2.37. The van der Waals surface area contributed by atoms with E-state index >= 15 is 0 Å². The van der Waals surface area contributed by atoms with E-state index in [9.17, 15) is 4.79 Å². The van der Waals surface area contributed by atoms with Gasteiger partial charge in [0.05, 0.1) is 11.8 Å². The largest absolute Gasteiger partial charge is 0.464 e. The van der Waals surface area contributed by atoms with E-state index in [0.717, 1.165) is 5.57 Å². The van der Waals surface area contributed by atoms with Crippen LogP contribution in [0.15, 0.2) is 75.0 Å². The number of quaternary nitrogens is 1. The number of fused-ring (bicyclic) bond motifs is 1. The molecule has 0 spiro atoms. The zero-order valence-electron chi connectivity index (χ0n) is 11.3. The summed E-state index contributed by atoms with van der Waals surface area (Å²) in [6, 6.07) is 3.67. The standard InChI is InChI=1S/C15H10N4O3/c16-15(20)12-8-19(11-6-17-22-9-11)7-10(3-4-14(19)18-12)13-2-1-5-21-13/h1-9H,(H-,16,20)/p+1. The lowest BCUT2D eigenvalue weighted by atomic mass is 10.1. The number of hydrogen-bond donors (Lipinski definition) is 1. The third-order valence-corrected chi connectivity index (χ3v) is 3.60. The predicted molar refractivity (Wildman–Crippen MR) is 78.8 cm³/mol. The molecular weight excluding hydrogens is 284 g/mol. The second-order valence-corrected chi connectivity index (χ2v) is 4.90. The van der Waals surface area contributed by atoms with E-state index in [1.807, 2.05) is 30.5 Å². The third-order valence-electron chi connectivity index (χ3n) is 3.60. The monoisotopic (exact) mass is 295 g/mol. The molecular formula is C15H11N4O3+. The van der Waals surface area contributed by atoms with Crippen molar-refractivity contribution in [3.63, 3.8) is 0 Å². The molecule has 0 radical (unpaired) electrons. The molecule has 0 saturated heterocycles. The lowest BCUT2D eigenvalue weighted by Crippen LogP contribution is -2.42. The van der Waals surface area contributed by atoms with Crippen molar-refractivity contribution in [1.82, 2.24) is 9.64 Å². The first-order chi connectivity index (χ1) is 10.7. The molecule has 2 aromatic heterocycles. The van der Waals surface area contributed by atoms with E-state index in [1.54, 1.807) is 18.7 Å². The summed E-state index contributed by atoms with van der Waals surface area (Å²) in [4.78, 5) is 15.8. The molecule has 0 aromatic carbocycles. The number of aromatic nitrogens is 1. The van der Waals surface area contributed by atoms with Crippen LogP contribution in [0.5, 0.6) is 0 Å². The Morgan fingerprint density at radius 2 is 2.18 bits per heavy atom. The molecule has 4 rings (SSSR count). The summed E-state index contributed by atoms with van der Waals surface area (Å²) >= 11 is 0. The van der Waals surface area contributed by atoms with Crippen molar-refractivity contribution < 1.29 is 13.7 Å². The number of hydrogen-bond acceptors (Lipinski definition) is 5. The highest BCUT2D eigenvalue weighted by atomic mass is 16.5. The van der Waals surface area contributed by atoms with E-state index in [-0.39, 0.29) is 10.2 Å². The quantitative estimate of drug-likeness (QED) is 0.875. The van der Waals surface area contributed by atoms with E-state index in [4.69, 9.17) is 14.7 Å². The van der Waals surface area contributed by atoms with Gasteiger partial charge in [0.2, 0.25) is 11.5 Å². The van der Waals surface area contributed by atoms with Gasteiger partial charge in [0.1, 0.15) is 24.4 Å². The molecule has 2 aromatic rings. The van der Waals surface area contributed by atoms with Crippen LogP contribution in [-0.2, 0) is 4.79 Å². The first kappa shape index (κ1) is 12.5. The fraction of sp³-hybridized carbons (Fsp3) is 0. The lowest BCUT2D eigenvalue weighted by Gasteiger charge is -2.26. The average molecular weight is 295 g/mol. The molecule has 2 aliphatic heterocycles. The van der Waals surface area contributed by atoms with Crippen LogP contribution in [-0.4, -0.2) is 16.9 Å². The van der Waals surface area contributed by atoms with Gasteiger partial charge in [-0.15, -0.1) is 0 Å². The SMILES string of the molecule is NC(=O)C1=C[N+]2(c3cnoc3)C=C(c3ccco3)C=CC2=N1. The Kier molecular flexibility index (Phi) is 2.51. The van der Waals surface area contributed by atoms with Crippen LogP contribution in [0.3, 0.4) is 0 Å². The zero-order valence-corrected chi connectivity index (χ0v) is 11.3. The molecule has 22 heavy (non-hydrogen) atoms. The van der Waals surface area contributed by atoms with Gasteiger partial charge in [0.15, 0.2) is 12.0 Å². The maximum Gasteiger partial charge on any atom is 0.273 e. The van der Waals surface area contributed by atoms with E-state index < -0.39 is 5.91 Å². The Morgan fingerprint density at radius 1 is 1.27 bits per heavy atom. The maximum atomic E-state index is 11.5. The predicted octanol–water partition coefficient (Wildman–Crippen LogP) is 1.92. The molecule has 108 valence electrons. The molecule has 7 heteroatoms. The van der Waals surface area contributed by atoms with Crippen LogP contribution >= 0.6 is 0 Å². The molecule has 7 nitrogen and oxygen atoms in total. The minimum Gasteiger partial charge on any atom is -0.464 e. The summed E-state index contributed by atoms with van der Waals surface area (Å²) in [7, 11) is 0. The summed E-state index contributed by atoms with van der Waals surface area (Å²) in [5.74, 6) is 0.759. The summed E-state index contributed by atoms with van der Waals surface area (Å²) in [6.07, 6.45) is 11.9. The summed E-state index contributed by atoms with van der Waals surface area (Å²) in [5, 5.41) is 3.74. The van der Waals surface area contributed by atoms with Crippen molar-refractivity contribution in [2.75, 3.05) is 0 Å². The highest BCUT2D eigenvalue weighted by molar-refractivity contribution is 6.13. The van der Waals surface area contributed by atoms with Crippen LogP contribution in [0.25, 0.3) is 5.57 Å². The van der Waals surface area contributed by atoms with Crippen molar-refractivity contribution in [3.05, 3.63) is 66.9 Å². The number of carbonyl (C=O) groups excluding carboxylic acids is 1. The molecule has 1 atom stereocenters. The van der Waals surface area contributed by atoms with Gasteiger partial charge < -0.3 is 14.7 Å². The fourth-order valence-electron chi connectivity index (χ4n) is 2.56. The number of amidine groups is 1. The number of aliphatic imine (C=N–C) groups is 1. The van der Waals surface area contributed by atoms with Crippen molar-refractivity contribution in [3.8, 4) is 0 Å². The van der Waals surface area contributed by atoms with Crippen LogP contribution in [0.1, 0.15) is 5.76 Å². The van der Waals surface area contributed by atoms with Gasteiger partial charge >= 0.3 is 0 Å². The van der Waals surface area contributed by atoms with Gasteiger partial charge in [-0.3, -0.25) is 4.79 Å². The Hall–Kier alpha value is -3.19. The first-order valence-corrected chi connectivity index (χ1v) is 6.54. The topological polar surface area (TPSA) is 94.6 Å². The molecule has 0 aliphatic carbocycles. The molecule has 1 unspecified atom stereocenters. The van der Waals surface area contributed by atoms with E-state index in [0.29, 0.717) is 17.3 Å². The van der Waals surface area contributed by atoms with Gasteiger partial charge in [0, 0.05) is 6.08 Å². The first-order valence-electron chi connectivity index (χ1n) is 6.54. The van der Waals surface area contributed by atoms with Crippen molar-refractivity contribution in [1.29, 1.82) is 0 Å². The fourth-order valence-corrected chi connectivity index (χ4v) is 2.56. The van der Waals surface area contributed by atoms with Gasteiger partial charge in [-0.05, 0) is 18.2 Å². The number of nitrogens with two attached hydrogens (primary N) is 1. The molecule has 4 heterocycles. The Balaban J connectivity index is 1.93. The third kappa shape index (κ3) is 1.69. The van der Waals surface area contributed by atoms with Gasteiger partial charge in [-0.1, -0.05) is 5.16 Å². The summed E-state index contributed by atoms with van der Waals surface area (Å²) < 4.78 is 10.5. The van der Waals surface area contributed by atoms with Gasteiger partial charge in [-0.2, -0.15) is 9.48 Å². The number of allylic oxidation sites excluding steroid dienone is 2. The van der Waals surface area contributed by atoms with Crippen molar-refractivity contribution in [2.24, 2.45) is 10.7 Å². The Bertz CT molecular complexity index is 857. The minimum absolute atomic E-state index is 0.0777. The lowest BCUT2D eigenvalue weighted by molar-refractivity contribution is -0.114. The number of furan rings is 1. The molecule has 2 N–H and O–H groups in total. The smallest absolute Gasteiger partial charge is 0.273 e. The number of amides is 1. The maximum absolute atomic E-state index is 11.5. The van der Waals surface area contributed by atoms with Crippen LogP contribution < -0.4 is 10.2 Å². The minimum atomic E-state index is -0.586. The summed E-state index contributed by atoms with van der Waals surface area (Å²) in [5.41, 5.74) is 7.12. The van der Waals surface area contributed by atoms with Gasteiger partial charge in [-0.25, -0.2) is 0 Å². The van der Waals surface area contributed by atoms with Crippen LogP contribution in [0.4, 0.5) is 5.69 Å². The van der Waals surface area contributed by atoms with E-state index in [2.05, 4.69) is 10.1 Å². The second-order valence-electron chi connectivity index (χ2n) is 4.90.